The average Bonchev–Trinajstić information content (AvgIpc) is 2.42. The first-order chi connectivity index (χ1) is 10.4. The van der Waals surface area contributed by atoms with Crippen LogP contribution in [-0.4, -0.2) is 18.6 Å². The van der Waals surface area contributed by atoms with Crippen LogP contribution in [0.3, 0.4) is 0 Å². The molecule has 0 saturated carbocycles. The van der Waals surface area contributed by atoms with E-state index >= 15 is 0 Å². The van der Waals surface area contributed by atoms with Crippen molar-refractivity contribution < 1.29 is 35.9 Å². The Kier molecular flexibility index (Phi) is 5.73. The molecule has 10 heteroatoms. The summed E-state index contributed by atoms with van der Waals surface area (Å²) >= 11 is 0. The molecular weight excluding hydrogens is 330 g/mol. The predicted molar refractivity (Wildman–Crippen MR) is 67.1 cm³/mol. The number of carbonyl (C=O) groups is 1. The fourth-order valence-electron chi connectivity index (χ4n) is 1.46. The molecule has 0 N–H and O–H groups in total. The number of hydrogen-bond acceptors (Lipinski definition) is 4. The Balaban J connectivity index is 3.18. The van der Waals surface area contributed by atoms with E-state index in [2.05, 4.69) is 15.0 Å². The summed E-state index contributed by atoms with van der Waals surface area (Å²) in [5, 5.41) is 6.66. The van der Waals surface area contributed by atoms with Crippen molar-refractivity contribution in [2.24, 2.45) is 10.2 Å². The largest absolute Gasteiger partial charge is 0.464 e. The maximum absolute atomic E-state index is 12.6. The van der Waals surface area contributed by atoms with Gasteiger partial charge in [0.15, 0.2) is 6.04 Å². The SMILES string of the molecule is CCOC(=O)C(C)N=Nc1cc(C(F)(F)F)cc(C(F)(F)F)c1. The molecule has 0 fully saturated rings. The lowest BCUT2D eigenvalue weighted by Crippen LogP contribution is -2.17. The van der Waals surface area contributed by atoms with E-state index in [1.165, 1.54) is 13.8 Å². The summed E-state index contributed by atoms with van der Waals surface area (Å²) in [5.41, 5.74) is -3.68. The summed E-state index contributed by atoms with van der Waals surface area (Å²) in [4.78, 5) is 11.3. The van der Waals surface area contributed by atoms with Gasteiger partial charge in [-0.25, -0.2) is 4.79 Å². The van der Waals surface area contributed by atoms with Crippen LogP contribution in [0.15, 0.2) is 28.4 Å². The van der Waals surface area contributed by atoms with Crippen LogP contribution in [0, 0.1) is 0 Å². The summed E-state index contributed by atoms with van der Waals surface area (Å²) in [7, 11) is 0. The Hall–Kier alpha value is -2.13. The number of esters is 1. The highest BCUT2D eigenvalue weighted by molar-refractivity contribution is 5.75. The summed E-state index contributed by atoms with van der Waals surface area (Å²) in [6.45, 7) is 2.84. The topological polar surface area (TPSA) is 51.0 Å². The van der Waals surface area contributed by atoms with Gasteiger partial charge in [-0.3, -0.25) is 0 Å². The molecule has 4 nitrogen and oxygen atoms in total. The monoisotopic (exact) mass is 342 g/mol. The lowest BCUT2D eigenvalue weighted by Gasteiger charge is -2.12. The Morgan fingerprint density at radius 2 is 1.57 bits per heavy atom. The summed E-state index contributed by atoms with van der Waals surface area (Å²) in [5.74, 6) is -0.792. The van der Waals surface area contributed by atoms with Crippen LogP contribution in [0.5, 0.6) is 0 Å². The molecular formula is C13H12F6N2O2. The van der Waals surface area contributed by atoms with Gasteiger partial charge in [0.1, 0.15) is 0 Å². The maximum Gasteiger partial charge on any atom is 0.416 e. The molecule has 0 aliphatic rings. The van der Waals surface area contributed by atoms with Gasteiger partial charge in [0.25, 0.3) is 0 Å². The highest BCUT2D eigenvalue weighted by Gasteiger charge is 2.37. The number of carbonyl (C=O) groups excluding carboxylic acids is 1. The van der Waals surface area contributed by atoms with Gasteiger partial charge >= 0.3 is 18.3 Å². The number of hydrogen-bond donors (Lipinski definition) is 0. The third kappa shape index (κ3) is 5.53. The summed E-state index contributed by atoms with van der Waals surface area (Å²) < 4.78 is 80.5. The van der Waals surface area contributed by atoms with Gasteiger partial charge < -0.3 is 4.74 Å². The fourth-order valence-corrected chi connectivity index (χ4v) is 1.46. The third-order valence-corrected chi connectivity index (χ3v) is 2.55. The average molecular weight is 342 g/mol. The molecule has 0 spiro atoms. The number of ether oxygens (including phenoxy) is 1. The molecule has 23 heavy (non-hydrogen) atoms. The molecule has 0 heterocycles. The molecule has 0 aromatic heterocycles. The molecule has 1 aromatic rings. The van der Waals surface area contributed by atoms with Gasteiger partial charge in [0.05, 0.1) is 23.4 Å². The first kappa shape index (κ1) is 18.9. The zero-order valence-electron chi connectivity index (χ0n) is 12.0. The highest BCUT2D eigenvalue weighted by atomic mass is 19.4. The van der Waals surface area contributed by atoms with Crippen LogP contribution in [-0.2, 0) is 21.9 Å². The molecule has 0 radical (unpaired) electrons. The van der Waals surface area contributed by atoms with Crippen LogP contribution in [0.25, 0.3) is 0 Å². The van der Waals surface area contributed by atoms with Crippen LogP contribution in [0.2, 0.25) is 0 Å². The minimum Gasteiger partial charge on any atom is -0.464 e. The molecule has 1 aromatic carbocycles. The van der Waals surface area contributed by atoms with Crippen molar-refractivity contribution in [1.82, 2.24) is 0 Å². The quantitative estimate of drug-likeness (QED) is 0.450. The molecule has 0 aliphatic heterocycles. The summed E-state index contributed by atoms with van der Waals surface area (Å²) in [6, 6.07) is -0.347. The van der Waals surface area contributed by atoms with Crippen molar-refractivity contribution in [1.29, 1.82) is 0 Å². The number of azo groups is 1. The molecule has 1 atom stereocenters. The fraction of sp³-hybridized carbons (Fsp3) is 0.462. The van der Waals surface area contributed by atoms with Crippen molar-refractivity contribution in [2.75, 3.05) is 6.61 Å². The van der Waals surface area contributed by atoms with Gasteiger partial charge in [-0.1, -0.05) is 0 Å². The van der Waals surface area contributed by atoms with E-state index < -0.39 is 41.2 Å². The first-order valence-electron chi connectivity index (χ1n) is 6.32. The lowest BCUT2D eigenvalue weighted by molar-refractivity contribution is -0.145. The smallest absolute Gasteiger partial charge is 0.416 e. The van der Waals surface area contributed by atoms with E-state index in [0.29, 0.717) is 12.1 Å². The van der Waals surface area contributed by atoms with Gasteiger partial charge in [0, 0.05) is 0 Å². The Morgan fingerprint density at radius 3 is 1.96 bits per heavy atom. The highest BCUT2D eigenvalue weighted by Crippen LogP contribution is 2.38. The van der Waals surface area contributed by atoms with Crippen molar-refractivity contribution in [2.45, 2.75) is 32.2 Å². The van der Waals surface area contributed by atoms with Gasteiger partial charge in [0.2, 0.25) is 0 Å². The minimum absolute atomic E-state index is 0.0200. The molecule has 1 unspecified atom stereocenters. The normalized spacial score (nSPS) is 14.1. The van der Waals surface area contributed by atoms with E-state index in [0.717, 1.165) is 0 Å². The van der Waals surface area contributed by atoms with Crippen molar-refractivity contribution in [3.63, 3.8) is 0 Å². The first-order valence-corrected chi connectivity index (χ1v) is 6.32. The van der Waals surface area contributed by atoms with E-state index in [1.807, 2.05) is 0 Å². The molecule has 0 saturated heterocycles. The molecule has 0 amide bonds. The molecule has 128 valence electrons. The van der Waals surface area contributed by atoms with E-state index in [9.17, 15) is 31.1 Å². The van der Waals surface area contributed by atoms with Crippen LogP contribution in [0.1, 0.15) is 25.0 Å². The van der Waals surface area contributed by atoms with E-state index in [-0.39, 0.29) is 12.7 Å². The van der Waals surface area contributed by atoms with Crippen molar-refractivity contribution in [3.05, 3.63) is 29.3 Å². The zero-order valence-corrected chi connectivity index (χ0v) is 12.0. The number of nitrogens with zero attached hydrogens (tertiary/aromatic N) is 2. The molecule has 0 bridgehead atoms. The second-order valence-electron chi connectivity index (χ2n) is 4.41. The van der Waals surface area contributed by atoms with Gasteiger partial charge in [-0.2, -0.15) is 36.6 Å². The predicted octanol–water partition coefficient (Wildman–Crippen LogP) is 4.76. The Morgan fingerprint density at radius 1 is 1.09 bits per heavy atom. The Labute approximate surface area is 127 Å². The molecule has 1 rings (SSSR count). The standard InChI is InChI=1S/C13H12F6N2O2/c1-3-23-11(22)7(2)20-21-10-5-8(12(14,15)16)4-9(6-10)13(17,18)19/h4-7H,3H2,1-2H3. The molecule has 0 aliphatic carbocycles. The second kappa shape index (κ2) is 6.97. The van der Waals surface area contributed by atoms with E-state index in [1.54, 1.807) is 0 Å². The maximum atomic E-state index is 12.6. The van der Waals surface area contributed by atoms with Crippen LogP contribution >= 0.6 is 0 Å². The lowest BCUT2D eigenvalue weighted by atomic mass is 10.1. The third-order valence-electron chi connectivity index (χ3n) is 2.55. The number of alkyl halides is 6. The van der Waals surface area contributed by atoms with Gasteiger partial charge in [-0.15, -0.1) is 0 Å². The van der Waals surface area contributed by atoms with Crippen LogP contribution < -0.4 is 0 Å². The van der Waals surface area contributed by atoms with Crippen molar-refractivity contribution in [3.8, 4) is 0 Å². The number of benzene rings is 1. The summed E-state index contributed by atoms with van der Waals surface area (Å²) in [6.07, 6.45) is -9.95. The Bertz CT molecular complexity index is 563. The number of halogens is 6. The van der Waals surface area contributed by atoms with Gasteiger partial charge in [-0.05, 0) is 32.0 Å². The van der Waals surface area contributed by atoms with Crippen LogP contribution in [0.4, 0.5) is 32.0 Å². The van der Waals surface area contributed by atoms with Crippen molar-refractivity contribution >= 4 is 11.7 Å². The number of rotatable bonds is 4. The zero-order chi connectivity index (χ0) is 17.8. The van der Waals surface area contributed by atoms with E-state index in [4.69, 9.17) is 0 Å². The minimum atomic E-state index is -4.97. The second-order valence-corrected chi connectivity index (χ2v) is 4.41.